The lowest BCUT2D eigenvalue weighted by atomic mass is 10.2. The molecule has 0 aliphatic heterocycles. The molecule has 0 radical (unpaired) electrons. The van der Waals surface area contributed by atoms with Gasteiger partial charge in [-0.05, 0) is 36.6 Å². The van der Waals surface area contributed by atoms with Crippen LogP contribution in [0.5, 0.6) is 0 Å². The van der Waals surface area contributed by atoms with Gasteiger partial charge in [0.2, 0.25) is 5.91 Å². The summed E-state index contributed by atoms with van der Waals surface area (Å²) >= 11 is 0. The molecule has 2 aromatic heterocycles. The van der Waals surface area contributed by atoms with Crippen molar-refractivity contribution in [1.82, 2.24) is 19.6 Å². The summed E-state index contributed by atoms with van der Waals surface area (Å²) in [6.45, 7) is -0.0216. The van der Waals surface area contributed by atoms with Crippen LogP contribution in [-0.4, -0.2) is 25.5 Å². The maximum Gasteiger partial charge on any atom is 0.435 e. The molecule has 0 unspecified atom stereocenters. The highest BCUT2D eigenvalue weighted by Gasteiger charge is 2.38. The number of carbonyl (C=O) groups is 1. The molecule has 1 aliphatic carbocycles. The zero-order valence-electron chi connectivity index (χ0n) is 15.2. The van der Waals surface area contributed by atoms with Crippen molar-refractivity contribution in [3.8, 4) is 0 Å². The van der Waals surface area contributed by atoms with Crippen molar-refractivity contribution in [2.75, 3.05) is 5.32 Å². The van der Waals surface area contributed by atoms with Gasteiger partial charge in [0.1, 0.15) is 12.4 Å². The fraction of sp³-hybridized carbons (Fsp3) is 0.316. The fourth-order valence-corrected chi connectivity index (χ4v) is 3.06. The summed E-state index contributed by atoms with van der Waals surface area (Å²) in [6, 6.07) is 8.64. The minimum absolute atomic E-state index is 0.0110. The smallest absolute Gasteiger partial charge is 0.308 e. The Balaban J connectivity index is 1.42. The predicted octanol–water partition coefficient (Wildman–Crippen LogP) is 3.80. The third-order valence-corrected chi connectivity index (χ3v) is 4.53. The lowest BCUT2D eigenvalue weighted by molar-refractivity contribution is -0.141. The highest BCUT2D eigenvalue weighted by Crippen LogP contribution is 2.42. The third kappa shape index (κ3) is 4.64. The molecule has 10 heteroatoms. The summed E-state index contributed by atoms with van der Waals surface area (Å²) in [5.74, 6) is -0.619. The molecule has 1 aromatic carbocycles. The molecule has 0 saturated heterocycles. The van der Waals surface area contributed by atoms with Gasteiger partial charge in [0.15, 0.2) is 11.5 Å². The Bertz CT molecular complexity index is 1040. The van der Waals surface area contributed by atoms with E-state index in [1.165, 1.54) is 16.8 Å². The van der Waals surface area contributed by atoms with Crippen molar-refractivity contribution in [3.05, 3.63) is 65.4 Å². The first kappa shape index (κ1) is 19.2. The predicted molar refractivity (Wildman–Crippen MR) is 95.6 cm³/mol. The number of nitrogens with one attached hydrogen (secondary N) is 1. The van der Waals surface area contributed by atoms with Crippen molar-refractivity contribution in [3.63, 3.8) is 0 Å². The Morgan fingerprint density at radius 1 is 1.17 bits per heavy atom. The molecule has 4 rings (SSSR count). The normalized spacial score (nSPS) is 14.2. The molecular weight excluding hydrogens is 390 g/mol. The van der Waals surface area contributed by atoms with Gasteiger partial charge >= 0.3 is 6.18 Å². The Morgan fingerprint density at radius 3 is 2.66 bits per heavy atom. The number of amides is 1. The van der Waals surface area contributed by atoms with Gasteiger partial charge in [0.05, 0.1) is 6.54 Å². The van der Waals surface area contributed by atoms with E-state index in [4.69, 9.17) is 0 Å². The summed E-state index contributed by atoms with van der Waals surface area (Å²) in [7, 11) is 0. The second-order valence-electron chi connectivity index (χ2n) is 6.96. The number of alkyl halides is 3. The standard InChI is InChI=1S/C19H17F4N5O/c20-14-3-1-2-12(8-14)10-27-7-6-17(26-27)24-18(29)11-28-15(13-4-5-13)9-16(25-28)19(21,22)23/h1-3,6-9,13H,4-5,10-11H2,(H,24,26,29). The van der Waals surface area contributed by atoms with Crippen LogP contribution in [0.25, 0.3) is 0 Å². The molecule has 29 heavy (non-hydrogen) atoms. The number of carbonyl (C=O) groups excluding carboxylic acids is 1. The number of hydrogen-bond acceptors (Lipinski definition) is 3. The lowest BCUT2D eigenvalue weighted by Gasteiger charge is -2.07. The van der Waals surface area contributed by atoms with E-state index in [0.29, 0.717) is 17.8 Å². The van der Waals surface area contributed by atoms with Gasteiger partial charge in [0, 0.05) is 23.9 Å². The Labute approximate surface area is 163 Å². The first-order valence-electron chi connectivity index (χ1n) is 9.00. The summed E-state index contributed by atoms with van der Waals surface area (Å²) in [4.78, 5) is 12.3. The van der Waals surface area contributed by atoms with Gasteiger partial charge in [-0.25, -0.2) is 4.39 Å². The van der Waals surface area contributed by atoms with Crippen molar-refractivity contribution >= 4 is 11.7 Å². The number of aromatic nitrogens is 4. The third-order valence-electron chi connectivity index (χ3n) is 4.53. The van der Waals surface area contributed by atoms with Gasteiger partial charge < -0.3 is 5.32 Å². The van der Waals surface area contributed by atoms with E-state index < -0.39 is 17.8 Å². The summed E-state index contributed by atoms with van der Waals surface area (Å²) in [5, 5.41) is 10.3. The van der Waals surface area contributed by atoms with Crippen molar-refractivity contribution in [2.45, 2.75) is 38.0 Å². The molecule has 0 bridgehead atoms. The zero-order valence-corrected chi connectivity index (χ0v) is 15.2. The van der Waals surface area contributed by atoms with Gasteiger partial charge in [-0.3, -0.25) is 14.2 Å². The Hall–Kier alpha value is -3.17. The van der Waals surface area contributed by atoms with E-state index in [2.05, 4.69) is 15.5 Å². The Kier molecular flexibility index (Phi) is 4.85. The molecule has 1 saturated carbocycles. The molecule has 0 atom stereocenters. The fourth-order valence-electron chi connectivity index (χ4n) is 3.06. The molecule has 1 N–H and O–H groups in total. The molecule has 2 heterocycles. The van der Waals surface area contributed by atoms with E-state index in [-0.39, 0.29) is 24.1 Å². The SMILES string of the molecule is O=C(Cn1nc(C(F)(F)F)cc1C1CC1)Nc1ccn(Cc2cccc(F)c2)n1. The van der Waals surface area contributed by atoms with Gasteiger partial charge in [0.25, 0.3) is 0 Å². The van der Waals surface area contributed by atoms with Crippen LogP contribution in [0.15, 0.2) is 42.6 Å². The molecule has 0 spiro atoms. The van der Waals surface area contributed by atoms with Gasteiger partial charge in [-0.15, -0.1) is 0 Å². The number of halogens is 4. The van der Waals surface area contributed by atoms with Crippen LogP contribution in [0.2, 0.25) is 0 Å². The zero-order chi connectivity index (χ0) is 20.6. The van der Waals surface area contributed by atoms with Gasteiger partial charge in [-0.1, -0.05) is 12.1 Å². The maximum atomic E-state index is 13.3. The molecule has 1 aliphatic rings. The molecule has 1 amide bonds. The van der Waals surface area contributed by atoms with Crippen molar-refractivity contribution < 1.29 is 22.4 Å². The van der Waals surface area contributed by atoms with Gasteiger partial charge in [-0.2, -0.15) is 23.4 Å². The van der Waals surface area contributed by atoms with E-state index in [9.17, 15) is 22.4 Å². The highest BCUT2D eigenvalue weighted by atomic mass is 19.4. The van der Waals surface area contributed by atoms with E-state index >= 15 is 0 Å². The number of rotatable bonds is 6. The monoisotopic (exact) mass is 407 g/mol. The topological polar surface area (TPSA) is 64.7 Å². The minimum Gasteiger partial charge on any atom is -0.308 e. The van der Waals surface area contributed by atoms with Crippen LogP contribution in [0.3, 0.4) is 0 Å². The number of benzene rings is 1. The Morgan fingerprint density at radius 2 is 1.97 bits per heavy atom. The largest absolute Gasteiger partial charge is 0.435 e. The summed E-state index contributed by atoms with van der Waals surface area (Å²) in [5.41, 5.74) is 0.131. The van der Waals surface area contributed by atoms with Crippen LogP contribution in [-0.2, 0) is 24.1 Å². The molecule has 152 valence electrons. The van der Waals surface area contributed by atoms with E-state index in [1.54, 1.807) is 24.4 Å². The average molecular weight is 407 g/mol. The lowest BCUT2D eigenvalue weighted by Crippen LogP contribution is -2.21. The summed E-state index contributed by atoms with van der Waals surface area (Å²) in [6.07, 6.45) is -1.36. The van der Waals surface area contributed by atoms with E-state index in [0.717, 1.165) is 23.6 Å². The second-order valence-corrected chi connectivity index (χ2v) is 6.96. The first-order chi connectivity index (χ1) is 13.8. The molecular formula is C19H17F4N5O. The molecule has 1 fully saturated rings. The molecule has 6 nitrogen and oxygen atoms in total. The van der Waals surface area contributed by atoms with Crippen molar-refractivity contribution in [1.29, 1.82) is 0 Å². The average Bonchev–Trinajstić information content (AvgIpc) is 3.24. The minimum atomic E-state index is -4.55. The van der Waals surface area contributed by atoms with Crippen LogP contribution in [0, 0.1) is 5.82 Å². The highest BCUT2D eigenvalue weighted by molar-refractivity contribution is 5.89. The summed E-state index contributed by atoms with van der Waals surface area (Å²) < 4.78 is 54.7. The second kappa shape index (κ2) is 7.34. The first-order valence-corrected chi connectivity index (χ1v) is 9.00. The van der Waals surface area contributed by atoms with Crippen LogP contribution in [0.4, 0.5) is 23.4 Å². The van der Waals surface area contributed by atoms with Crippen LogP contribution < -0.4 is 5.32 Å². The number of anilines is 1. The number of hydrogen-bond donors (Lipinski definition) is 1. The van der Waals surface area contributed by atoms with Crippen molar-refractivity contribution in [2.24, 2.45) is 0 Å². The van der Waals surface area contributed by atoms with E-state index in [1.807, 2.05) is 0 Å². The molecule has 3 aromatic rings. The van der Waals surface area contributed by atoms with Crippen LogP contribution >= 0.6 is 0 Å². The van der Waals surface area contributed by atoms with Crippen LogP contribution in [0.1, 0.15) is 35.7 Å². The number of nitrogens with zero attached hydrogens (tertiary/aromatic N) is 4. The maximum absolute atomic E-state index is 13.3. The quantitative estimate of drug-likeness (QED) is 0.632.